The average molecular weight is 358 g/mol. The molecule has 0 radical (unpaired) electrons. The van der Waals surface area contributed by atoms with E-state index in [2.05, 4.69) is 13.8 Å². The first-order valence-electron chi connectivity index (χ1n) is 9.09. The number of carbonyl (C=O) groups is 2. The third-order valence-corrected chi connectivity index (χ3v) is 3.12. The van der Waals surface area contributed by atoms with E-state index in [9.17, 15) is 9.59 Å². The van der Waals surface area contributed by atoms with Gasteiger partial charge in [0.15, 0.2) is 0 Å². The standard InChI is InChI=1S/C12H26.C3H7NO2.C3H6O2.Na.H/c1-3-5-7-9-11-12-10-8-6-4-2;4-2-1-3(5)6;1-2-3(4)5;;/h3-12H2,1-2H3;1-2,4H2,(H,5,6);2H2,1H3,(H,4,5);;/q;;;+1;-1. The van der Waals surface area contributed by atoms with Gasteiger partial charge in [0.05, 0.1) is 6.42 Å². The fourth-order valence-corrected chi connectivity index (χ4v) is 1.68. The number of carboxylic acids is 2. The van der Waals surface area contributed by atoms with Crippen LogP contribution in [0.2, 0.25) is 0 Å². The molecule has 0 rings (SSSR count). The molecule has 0 bridgehead atoms. The Balaban J connectivity index is -0.0000000873. The first kappa shape index (κ1) is 31.6. The van der Waals surface area contributed by atoms with Crippen LogP contribution < -0.4 is 35.3 Å². The maximum absolute atomic E-state index is 9.52. The van der Waals surface area contributed by atoms with Crippen LogP contribution in [0, 0.1) is 0 Å². The van der Waals surface area contributed by atoms with Crippen molar-refractivity contribution in [3.8, 4) is 0 Å². The van der Waals surface area contributed by atoms with Crippen molar-refractivity contribution in [3.05, 3.63) is 0 Å². The SMILES string of the molecule is CCC(=O)O.CCCCCCCCCCCC.NCCC(=O)O.[H-].[Na+]. The molecule has 0 atom stereocenters. The molecule has 6 heteroatoms. The summed E-state index contributed by atoms with van der Waals surface area (Å²) in [5, 5.41) is 15.6. The van der Waals surface area contributed by atoms with Crippen LogP contribution in [-0.2, 0) is 9.59 Å². The number of hydrogen-bond donors (Lipinski definition) is 3. The molecular weight excluding hydrogens is 317 g/mol. The maximum atomic E-state index is 9.52. The Morgan fingerprint density at radius 3 is 1.17 bits per heavy atom. The van der Waals surface area contributed by atoms with Crippen molar-refractivity contribution in [1.82, 2.24) is 0 Å². The van der Waals surface area contributed by atoms with Crippen LogP contribution in [0.15, 0.2) is 0 Å². The van der Waals surface area contributed by atoms with Gasteiger partial charge < -0.3 is 17.4 Å². The third kappa shape index (κ3) is 49.5. The van der Waals surface area contributed by atoms with Crippen LogP contribution in [0.4, 0.5) is 0 Å². The molecule has 0 spiro atoms. The number of nitrogens with two attached hydrogens (primary N) is 1. The quantitative estimate of drug-likeness (QED) is 0.366. The Labute approximate surface area is 172 Å². The Kier molecular flexibility index (Phi) is 40.5. The van der Waals surface area contributed by atoms with Gasteiger partial charge in [0.25, 0.3) is 0 Å². The summed E-state index contributed by atoms with van der Waals surface area (Å²) in [6.45, 7) is 6.39. The van der Waals surface area contributed by atoms with E-state index in [1.165, 1.54) is 64.2 Å². The van der Waals surface area contributed by atoms with E-state index >= 15 is 0 Å². The first-order valence-corrected chi connectivity index (χ1v) is 9.09. The van der Waals surface area contributed by atoms with Crippen LogP contribution >= 0.6 is 0 Å². The summed E-state index contributed by atoms with van der Waals surface area (Å²) in [6, 6.07) is 0. The minimum Gasteiger partial charge on any atom is -1.00 e. The molecule has 142 valence electrons. The fraction of sp³-hybridized carbons (Fsp3) is 0.889. The molecule has 24 heavy (non-hydrogen) atoms. The topological polar surface area (TPSA) is 101 Å². The zero-order valence-corrected chi connectivity index (χ0v) is 18.5. The van der Waals surface area contributed by atoms with E-state index in [1.807, 2.05) is 0 Å². The Morgan fingerprint density at radius 2 is 1.04 bits per heavy atom. The Bertz CT molecular complexity index is 247. The van der Waals surface area contributed by atoms with Gasteiger partial charge >= 0.3 is 41.5 Å². The van der Waals surface area contributed by atoms with Crippen LogP contribution in [0.3, 0.4) is 0 Å². The molecule has 0 fully saturated rings. The monoisotopic (exact) mass is 357 g/mol. The van der Waals surface area contributed by atoms with Crippen molar-refractivity contribution in [1.29, 1.82) is 0 Å². The molecule has 0 aromatic carbocycles. The Morgan fingerprint density at radius 1 is 0.750 bits per heavy atom. The van der Waals surface area contributed by atoms with E-state index < -0.39 is 11.9 Å². The van der Waals surface area contributed by atoms with Crippen LogP contribution in [0.1, 0.15) is 99.2 Å². The molecule has 0 aliphatic carbocycles. The van der Waals surface area contributed by atoms with Gasteiger partial charge in [-0.15, -0.1) is 0 Å². The molecule has 0 amide bonds. The second-order valence-corrected chi connectivity index (χ2v) is 5.51. The van der Waals surface area contributed by atoms with Gasteiger partial charge in [-0.05, 0) is 0 Å². The summed E-state index contributed by atoms with van der Waals surface area (Å²) >= 11 is 0. The summed E-state index contributed by atoms with van der Waals surface area (Å²) < 4.78 is 0. The molecule has 0 aliphatic heterocycles. The van der Waals surface area contributed by atoms with Gasteiger partial charge in [-0.1, -0.05) is 85.0 Å². The van der Waals surface area contributed by atoms with Crippen molar-refractivity contribution >= 4 is 11.9 Å². The van der Waals surface area contributed by atoms with E-state index in [0.29, 0.717) is 0 Å². The van der Waals surface area contributed by atoms with Crippen molar-refractivity contribution in [2.24, 2.45) is 5.73 Å². The van der Waals surface area contributed by atoms with Crippen molar-refractivity contribution < 1.29 is 50.8 Å². The molecule has 0 aromatic heterocycles. The minimum atomic E-state index is -0.836. The van der Waals surface area contributed by atoms with Gasteiger partial charge in [-0.2, -0.15) is 0 Å². The zero-order chi connectivity index (χ0) is 18.3. The predicted octanol–water partition coefficient (Wildman–Crippen LogP) is 1.94. The Hall–Kier alpha value is -0.100. The van der Waals surface area contributed by atoms with Crippen LogP contribution in [0.25, 0.3) is 0 Å². The van der Waals surface area contributed by atoms with Crippen molar-refractivity contribution in [2.75, 3.05) is 6.54 Å². The first-order chi connectivity index (χ1) is 11.0. The van der Waals surface area contributed by atoms with E-state index in [1.54, 1.807) is 6.92 Å². The van der Waals surface area contributed by atoms with Crippen LogP contribution in [-0.4, -0.2) is 28.7 Å². The zero-order valence-electron chi connectivity index (χ0n) is 17.5. The third-order valence-electron chi connectivity index (χ3n) is 3.12. The predicted molar refractivity (Wildman–Crippen MR) is 97.9 cm³/mol. The second kappa shape index (κ2) is 30.7. The van der Waals surface area contributed by atoms with E-state index in [-0.39, 0.29) is 50.4 Å². The van der Waals surface area contributed by atoms with Crippen LogP contribution in [0.5, 0.6) is 0 Å². The van der Waals surface area contributed by atoms with E-state index in [0.717, 1.165) is 0 Å². The molecule has 5 nitrogen and oxygen atoms in total. The normalized spacial score (nSPS) is 8.83. The number of unbranched alkanes of at least 4 members (excludes halogenated alkanes) is 9. The number of carboxylic acid groups (broad SMARTS) is 2. The van der Waals surface area contributed by atoms with Gasteiger partial charge in [0.2, 0.25) is 0 Å². The summed E-state index contributed by atoms with van der Waals surface area (Å²) in [4.78, 5) is 18.9. The van der Waals surface area contributed by atoms with Gasteiger partial charge in [0, 0.05) is 13.0 Å². The van der Waals surface area contributed by atoms with Crippen molar-refractivity contribution in [2.45, 2.75) is 97.8 Å². The summed E-state index contributed by atoms with van der Waals surface area (Å²) in [5.74, 6) is -1.58. The largest absolute Gasteiger partial charge is 1.00 e. The molecule has 0 aromatic rings. The van der Waals surface area contributed by atoms with Gasteiger partial charge in [-0.25, -0.2) is 0 Å². The molecule has 0 aliphatic rings. The summed E-state index contributed by atoms with van der Waals surface area (Å²) in [5.41, 5.74) is 4.85. The smallest absolute Gasteiger partial charge is 1.00 e. The van der Waals surface area contributed by atoms with E-state index in [4.69, 9.17) is 15.9 Å². The number of aliphatic carboxylic acids is 2. The molecule has 0 saturated heterocycles. The minimum absolute atomic E-state index is 0. The molecule has 4 N–H and O–H groups in total. The molecule has 0 saturated carbocycles. The van der Waals surface area contributed by atoms with Crippen molar-refractivity contribution in [3.63, 3.8) is 0 Å². The summed E-state index contributed by atoms with van der Waals surface area (Å²) in [7, 11) is 0. The number of hydrogen-bond acceptors (Lipinski definition) is 3. The molecule has 0 heterocycles. The van der Waals surface area contributed by atoms with Gasteiger partial charge in [0.1, 0.15) is 0 Å². The molecule has 0 unspecified atom stereocenters. The molecular formula is C18H40NNaO4. The maximum Gasteiger partial charge on any atom is 1.00 e. The average Bonchev–Trinajstić information content (AvgIpc) is 2.51. The summed E-state index contributed by atoms with van der Waals surface area (Å²) in [6.07, 6.45) is 14.7. The van der Waals surface area contributed by atoms with Gasteiger partial charge in [-0.3, -0.25) is 9.59 Å². The second-order valence-electron chi connectivity index (χ2n) is 5.51. The number of rotatable bonds is 12. The fourth-order valence-electron chi connectivity index (χ4n) is 1.68.